The van der Waals surface area contributed by atoms with Crippen LogP contribution in [-0.4, -0.2) is 15.0 Å². The van der Waals surface area contributed by atoms with E-state index in [9.17, 15) is 9.59 Å². The molecule has 5 nitrogen and oxygen atoms in total. The molecule has 0 saturated heterocycles. The van der Waals surface area contributed by atoms with Gasteiger partial charge < -0.3 is 9.97 Å². The number of hydrogen-bond donors (Lipinski definition) is 2. The van der Waals surface area contributed by atoms with Crippen LogP contribution in [0, 0.1) is 20.8 Å². The third-order valence-electron chi connectivity index (χ3n) is 4.11. The van der Waals surface area contributed by atoms with Crippen molar-refractivity contribution in [3.8, 4) is 0 Å². The van der Waals surface area contributed by atoms with Crippen LogP contribution >= 0.6 is 0 Å². The number of H-pyrrole nitrogens is 2. The summed E-state index contributed by atoms with van der Waals surface area (Å²) in [4.78, 5) is 35.5. The summed E-state index contributed by atoms with van der Waals surface area (Å²) in [7, 11) is 0. The average molecular weight is 283 g/mol. The molecule has 0 radical (unpaired) electrons. The van der Waals surface area contributed by atoms with Gasteiger partial charge in [-0.05, 0) is 33.3 Å². The summed E-state index contributed by atoms with van der Waals surface area (Å²) < 4.78 is 0. The second-order valence-electron chi connectivity index (χ2n) is 5.40. The van der Waals surface area contributed by atoms with Crippen LogP contribution in [0.4, 0.5) is 0 Å². The van der Waals surface area contributed by atoms with Gasteiger partial charge in [-0.1, -0.05) is 6.92 Å². The highest BCUT2D eigenvalue weighted by molar-refractivity contribution is 5.89. The Morgan fingerprint density at radius 2 is 1.52 bits per heavy atom. The Hall–Kier alpha value is -2.43. The fourth-order valence-corrected chi connectivity index (χ4v) is 2.62. The van der Waals surface area contributed by atoms with Crippen molar-refractivity contribution >= 4 is 22.1 Å². The van der Waals surface area contributed by atoms with E-state index in [2.05, 4.69) is 15.0 Å². The number of pyridine rings is 3. The van der Waals surface area contributed by atoms with Gasteiger partial charge in [-0.3, -0.25) is 9.59 Å². The summed E-state index contributed by atoms with van der Waals surface area (Å²) in [5.41, 5.74) is 4.74. The Balaban J connectivity index is 2.56. The molecule has 3 aromatic heterocycles. The summed E-state index contributed by atoms with van der Waals surface area (Å²) >= 11 is 0. The number of nitrogens with zero attached hydrogens (tertiary/aromatic N) is 1. The molecule has 5 heteroatoms. The quantitative estimate of drug-likeness (QED) is 0.672. The van der Waals surface area contributed by atoms with Crippen molar-refractivity contribution in [2.75, 3.05) is 0 Å². The van der Waals surface area contributed by atoms with Gasteiger partial charge in [0, 0.05) is 22.5 Å². The summed E-state index contributed by atoms with van der Waals surface area (Å²) in [6.45, 7) is 7.40. The third-order valence-corrected chi connectivity index (χ3v) is 4.11. The zero-order valence-corrected chi connectivity index (χ0v) is 12.5. The molecule has 0 spiro atoms. The normalized spacial score (nSPS) is 11.4. The fraction of sp³-hybridized carbons (Fsp3) is 0.312. The number of fused-ring (bicyclic) bond motifs is 2. The second-order valence-corrected chi connectivity index (χ2v) is 5.40. The first-order chi connectivity index (χ1) is 9.93. The van der Waals surface area contributed by atoms with Crippen LogP contribution in [0.15, 0.2) is 15.7 Å². The molecule has 21 heavy (non-hydrogen) atoms. The van der Waals surface area contributed by atoms with E-state index in [1.54, 1.807) is 19.9 Å². The molecule has 3 rings (SSSR count). The predicted octanol–water partition coefficient (Wildman–Crippen LogP) is 2.25. The molecular weight excluding hydrogens is 266 g/mol. The molecule has 0 aliphatic heterocycles. The summed E-state index contributed by atoms with van der Waals surface area (Å²) in [6.07, 6.45) is 0.749. The Morgan fingerprint density at radius 3 is 2.14 bits per heavy atom. The molecule has 0 saturated carbocycles. The topological polar surface area (TPSA) is 78.6 Å². The van der Waals surface area contributed by atoms with E-state index in [0.29, 0.717) is 33.2 Å². The van der Waals surface area contributed by atoms with E-state index in [-0.39, 0.29) is 10.9 Å². The predicted molar refractivity (Wildman–Crippen MR) is 84.1 cm³/mol. The number of aryl methyl sites for hydroxylation is 2. The van der Waals surface area contributed by atoms with E-state index >= 15 is 0 Å². The lowest BCUT2D eigenvalue weighted by Gasteiger charge is -2.08. The van der Waals surface area contributed by atoms with E-state index in [4.69, 9.17) is 0 Å². The lowest BCUT2D eigenvalue weighted by atomic mass is 10.1. The Bertz CT molecular complexity index is 996. The highest BCUT2D eigenvalue weighted by Gasteiger charge is 2.13. The highest BCUT2D eigenvalue weighted by atomic mass is 16.1. The average Bonchev–Trinajstić information content (AvgIpc) is 2.47. The van der Waals surface area contributed by atoms with Crippen LogP contribution in [-0.2, 0) is 6.42 Å². The summed E-state index contributed by atoms with van der Waals surface area (Å²) in [5, 5.41) is 0. The van der Waals surface area contributed by atoms with E-state index < -0.39 is 0 Å². The third kappa shape index (κ3) is 1.88. The minimum absolute atomic E-state index is 0.111. The van der Waals surface area contributed by atoms with E-state index in [1.165, 1.54) is 0 Å². The lowest BCUT2D eigenvalue weighted by molar-refractivity contribution is 1.02. The molecule has 3 aromatic rings. The summed E-state index contributed by atoms with van der Waals surface area (Å²) in [6, 6.07) is 1.80. The van der Waals surface area contributed by atoms with Gasteiger partial charge in [-0.15, -0.1) is 0 Å². The molecule has 0 aliphatic carbocycles. The maximum absolute atomic E-state index is 12.4. The van der Waals surface area contributed by atoms with Crippen molar-refractivity contribution < 1.29 is 0 Å². The first-order valence-corrected chi connectivity index (χ1v) is 6.99. The largest absolute Gasteiger partial charge is 0.357 e. The van der Waals surface area contributed by atoms with Crippen molar-refractivity contribution in [3.05, 3.63) is 49.0 Å². The zero-order chi connectivity index (χ0) is 15.3. The van der Waals surface area contributed by atoms with Crippen molar-refractivity contribution in [2.24, 2.45) is 0 Å². The van der Waals surface area contributed by atoms with Gasteiger partial charge in [0.1, 0.15) is 11.0 Å². The van der Waals surface area contributed by atoms with Gasteiger partial charge in [0.2, 0.25) is 10.9 Å². The SMILES string of the molecule is CCc1[nH]c2cc3[nH]c(C)c(C)c(=O)c3nc2c(=O)c1C. The van der Waals surface area contributed by atoms with Gasteiger partial charge in [-0.2, -0.15) is 0 Å². The Labute approximate surface area is 121 Å². The zero-order valence-electron chi connectivity index (χ0n) is 12.5. The smallest absolute Gasteiger partial charge is 0.210 e. The van der Waals surface area contributed by atoms with Gasteiger partial charge in [0.15, 0.2) is 0 Å². The van der Waals surface area contributed by atoms with Gasteiger partial charge in [0.25, 0.3) is 0 Å². The van der Waals surface area contributed by atoms with Crippen molar-refractivity contribution in [2.45, 2.75) is 34.1 Å². The second kappa shape index (κ2) is 4.55. The molecule has 0 fully saturated rings. The number of aromatic amines is 2. The van der Waals surface area contributed by atoms with Crippen molar-refractivity contribution in [1.82, 2.24) is 15.0 Å². The van der Waals surface area contributed by atoms with Gasteiger partial charge in [0.05, 0.1) is 11.0 Å². The molecule has 0 bridgehead atoms. The minimum Gasteiger partial charge on any atom is -0.357 e. The number of aromatic nitrogens is 3. The molecule has 2 N–H and O–H groups in total. The van der Waals surface area contributed by atoms with Crippen LogP contribution in [0.1, 0.15) is 29.4 Å². The monoisotopic (exact) mass is 283 g/mol. The first kappa shape index (κ1) is 13.5. The number of hydrogen-bond acceptors (Lipinski definition) is 3. The molecule has 0 aliphatic rings. The van der Waals surface area contributed by atoms with E-state index in [1.807, 2.05) is 13.8 Å². The molecule has 0 unspecified atom stereocenters. The first-order valence-electron chi connectivity index (χ1n) is 6.99. The van der Waals surface area contributed by atoms with Crippen LogP contribution in [0.5, 0.6) is 0 Å². The standard InChI is InChI=1S/C16H17N3O2/c1-5-10-8(3)16(21)14-12(18-10)6-11-13(19-14)15(20)7(2)9(4)17-11/h6H,5H2,1-4H3,(H,17,20)(H,18,21). The molecule has 0 amide bonds. The van der Waals surface area contributed by atoms with Gasteiger partial charge in [-0.25, -0.2) is 4.98 Å². The van der Waals surface area contributed by atoms with Crippen LogP contribution in [0.25, 0.3) is 22.1 Å². The van der Waals surface area contributed by atoms with Crippen molar-refractivity contribution in [1.29, 1.82) is 0 Å². The maximum atomic E-state index is 12.4. The number of nitrogens with one attached hydrogen (secondary N) is 2. The van der Waals surface area contributed by atoms with Crippen LogP contribution < -0.4 is 10.9 Å². The Kier molecular flexibility index (Phi) is 2.93. The molecule has 0 aromatic carbocycles. The minimum atomic E-state index is -0.125. The van der Waals surface area contributed by atoms with Gasteiger partial charge >= 0.3 is 0 Å². The highest BCUT2D eigenvalue weighted by Crippen LogP contribution is 2.16. The fourth-order valence-electron chi connectivity index (χ4n) is 2.62. The van der Waals surface area contributed by atoms with E-state index in [0.717, 1.165) is 17.8 Å². The Morgan fingerprint density at radius 1 is 0.952 bits per heavy atom. The maximum Gasteiger partial charge on any atom is 0.210 e. The molecule has 108 valence electrons. The summed E-state index contributed by atoms with van der Waals surface area (Å²) in [5.74, 6) is 0. The van der Waals surface area contributed by atoms with Crippen LogP contribution in [0.3, 0.4) is 0 Å². The molecular formula is C16H17N3O2. The number of rotatable bonds is 1. The molecule has 3 heterocycles. The van der Waals surface area contributed by atoms with Crippen molar-refractivity contribution in [3.63, 3.8) is 0 Å². The lowest BCUT2D eigenvalue weighted by Crippen LogP contribution is -2.16. The molecule has 0 atom stereocenters. The van der Waals surface area contributed by atoms with Crippen LogP contribution in [0.2, 0.25) is 0 Å².